The number of aromatic nitrogens is 1. The van der Waals surface area contributed by atoms with E-state index in [1.54, 1.807) is 12.4 Å². The molecular formula is C16H19N5. The molecule has 0 saturated carbocycles. The van der Waals surface area contributed by atoms with Crippen molar-refractivity contribution in [2.45, 2.75) is 6.92 Å². The van der Waals surface area contributed by atoms with Gasteiger partial charge in [0.15, 0.2) is 5.96 Å². The lowest BCUT2D eigenvalue weighted by molar-refractivity contribution is 1.22. The van der Waals surface area contributed by atoms with Crippen LogP contribution < -0.4 is 16.8 Å². The minimum Gasteiger partial charge on any atom is -0.399 e. The highest BCUT2D eigenvalue weighted by molar-refractivity contribution is 5.93. The van der Waals surface area contributed by atoms with Crippen molar-refractivity contribution in [3.8, 4) is 0 Å². The monoisotopic (exact) mass is 281 g/mol. The van der Waals surface area contributed by atoms with Crippen molar-refractivity contribution in [2.75, 3.05) is 17.6 Å². The zero-order valence-corrected chi connectivity index (χ0v) is 12.0. The van der Waals surface area contributed by atoms with Crippen molar-refractivity contribution in [3.05, 3.63) is 59.9 Å². The number of guanidine groups is 1. The molecule has 0 aliphatic carbocycles. The molecule has 2 aromatic rings. The minimum absolute atomic E-state index is 0.374. The molecule has 0 unspecified atom stereocenters. The first-order chi connectivity index (χ1) is 10.1. The summed E-state index contributed by atoms with van der Waals surface area (Å²) in [5.41, 5.74) is 15.3. The van der Waals surface area contributed by atoms with Gasteiger partial charge in [0.1, 0.15) is 0 Å². The second-order valence-corrected chi connectivity index (χ2v) is 4.61. The van der Waals surface area contributed by atoms with E-state index in [0.29, 0.717) is 12.5 Å². The van der Waals surface area contributed by atoms with Gasteiger partial charge < -0.3 is 16.8 Å². The van der Waals surface area contributed by atoms with Crippen LogP contribution in [-0.2, 0) is 0 Å². The predicted molar refractivity (Wildman–Crippen MR) is 89.0 cm³/mol. The summed E-state index contributed by atoms with van der Waals surface area (Å²) in [4.78, 5) is 8.28. The van der Waals surface area contributed by atoms with E-state index in [9.17, 15) is 0 Å². The van der Waals surface area contributed by atoms with Gasteiger partial charge in [-0.05, 0) is 42.3 Å². The van der Waals surface area contributed by atoms with Crippen LogP contribution in [0, 0.1) is 6.92 Å². The van der Waals surface area contributed by atoms with Gasteiger partial charge in [0.25, 0.3) is 0 Å². The van der Waals surface area contributed by atoms with Crippen LogP contribution in [0.1, 0.15) is 11.1 Å². The van der Waals surface area contributed by atoms with E-state index < -0.39 is 0 Å². The number of aliphatic imine (C=N–C) groups is 1. The van der Waals surface area contributed by atoms with Gasteiger partial charge in [-0.25, -0.2) is 4.99 Å². The lowest BCUT2D eigenvalue weighted by atomic mass is 10.2. The molecule has 5 nitrogen and oxygen atoms in total. The maximum absolute atomic E-state index is 5.85. The normalized spacial score (nSPS) is 11.8. The van der Waals surface area contributed by atoms with Crippen molar-refractivity contribution < 1.29 is 0 Å². The molecule has 0 spiro atoms. The molecule has 108 valence electrons. The molecule has 5 N–H and O–H groups in total. The Hall–Kier alpha value is -2.82. The largest absolute Gasteiger partial charge is 0.399 e. The standard InChI is InChI=1S/C16H19N5/c1-12-10-14(17)6-7-15(12)21-16(18)20-9-3-5-13-4-2-8-19-11-13/h2-8,10-11H,9,17H2,1H3,(H3,18,20,21)/b5-3+. The van der Waals surface area contributed by atoms with E-state index in [1.165, 1.54) is 0 Å². The number of nitrogens with zero attached hydrogens (tertiary/aromatic N) is 2. The summed E-state index contributed by atoms with van der Waals surface area (Å²) in [5.74, 6) is 0.374. The van der Waals surface area contributed by atoms with Crippen molar-refractivity contribution >= 4 is 23.4 Å². The molecular weight excluding hydrogens is 262 g/mol. The van der Waals surface area contributed by atoms with Gasteiger partial charge in [-0.2, -0.15) is 0 Å². The average molecular weight is 281 g/mol. The summed E-state index contributed by atoms with van der Waals surface area (Å²) in [7, 11) is 0. The molecule has 0 aliphatic rings. The third-order valence-electron chi connectivity index (χ3n) is 2.87. The Morgan fingerprint density at radius 1 is 1.38 bits per heavy atom. The van der Waals surface area contributed by atoms with Crippen LogP contribution >= 0.6 is 0 Å². The van der Waals surface area contributed by atoms with E-state index >= 15 is 0 Å². The summed E-state index contributed by atoms with van der Waals surface area (Å²) >= 11 is 0. The van der Waals surface area contributed by atoms with Crippen LogP contribution in [0.4, 0.5) is 11.4 Å². The number of aryl methyl sites for hydroxylation is 1. The van der Waals surface area contributed by atoms with E-state index in [-0.39, 0.29) is 0 Å². The Morgan fingerprint density at radius 2 is 2.24 bits per heavy atom. The minimum atomic E-state index is 0.374. The Balaban J connectivity index is 1.91. The van der Waals surface area contributed by atoms with Crippen molar-refractivity contribution in [1.82, 2.24) is 4.98 Å². The molecule has 1 aromatic carbocycles. The molecule has 1 heterocycles. The number of pyridine rings is 1. The molecule has 2 rings (SSSR count). The van der Waals surface area contributed by atoms with Crippen LogP contribution in [0.15, 0.2) is 53.8 Å². The first-order valence-corrected chi connectivity index (χ1v) is 6.65. The molecule has 5 heteroatoms. The van der Waals surface area contributed by atoms with Crippen LogP contribution in [0.2, 0.25) is 0 Å². The first-order valence-electron chi connectivity index (χ1n) is 6.65. The number of rotatable bonds is 4. The quantitative estimate of drug-likeness (QED) is 0.456. The van der Waals surface area contributed by atoms with Gasteiger partial charge in [0.05, 0.1) is 6.54 Å². The van der Waals surface area contributed by atoms with Crippen LogP contribution in [0.3, 0.4) is 0 Å². The first kappa shape index (κ1) is 14.6. The van der Waals surface area contributed by atoms with Crippen LogP contribution in [-0.4, -0.2) is 17.5 Å². The summed E-state index contributed by atoms with van der Waals surface area (Å²) < 4.78 is 0. The number of nitrogen functional groups attached to an aromatic ring is 1. The van der Waals surface area contributed by atoms with Crippen molar-refractivity contribution in [2.24, 2.45) is 10.7 Å². The second-order valence-electron chi connectivity index (χ2n) is 4.61. The number of nitrogens with two attached hydrogens (primary N) is 2. The fourth-order valence-electron chi connectivity index (χ4n) is 1.82. The Morgan fingerprint density at radius 3 is 2.95 bits per heavy atom. The summed E-state index contributed by atoms with van der Waals surface area (Å²) in [6.07, 6.45) is 7.42. The maximum atomic E-state index is 5.85. The average Bonchev–Trinajstić information content (AvgIpc) is 2.48. The second kappa shape index (κ2) is 7.09. The van der Waals surface area contributed by atoms with Crippen molar-refractivity contribution in [1.29, 1.82) is 0 Å². The van der Waals surface area contributed by atoms with E-state index in [2.05, 4.69) is 15.3 Å². The van der Waals surface area contributed by atoms with Crippen LogP contribution in [0.25, 0.3) is 6.08 Å². The molecule has 0 radical (unpaired) electrons. The van der Waals surface area contributed by atoms with Gasteiger partial charge in [-0.15, -0.1) is 0 Å². The number of nitrogens with one attached hydrogen (secondary N) is 1. The summed E-state index contributed by atoms with van der Waals surface area (Å²) in [6, 6.07) is 9.47. The molecule has 0 aliphatic heterocycles. The molecule has 0 saturated heterocycles. The van der Waals surface area contributed by atoms with Gasteiger partial charge in [0.2, 0.25) is 0 Å². The fourth-order valence-corrected chi connectivity index (χ4v) is 1.82. The third kappa shape index (κ3) is 4.65. The zero-order chi connectivity index (χ0) is 15.1. The summed E-state index contributed by atoms with van der Waals surface area (Å²) in [5, 5.41) is 3.06. The van der Waals surface area contributed by atoms with Gasteiger partial charge in [-0.1, -0.05) is 18.2 Å². The number of hydrogen-bond acceptors (Lipinski definition) is 3. The molecule has 0 fully saturated rings. The number of hydrogen-bond donors (Lipinski definition) is 3. The lowest BCUT2D eigenvalue weighted by Gasteiger charge is -2.09. The number of benzene rings is 1. The topological polar surface area (TPSA) is 89.3 Å². The molecule has 21 heavy (non-hydrogen) atoms. The molecule has 0 amide bonds. The highest BCUT2D eigenvalue weighted by Crippen LogP contribution is 2.17. The third-order valence-corrected chi connectivity index (χ3v) is 2.87. The van der Waals surface area contributed by atoms with E-state index in [4.69, 9.17) is 11.5 Å². The molecule has 0 bridgehead atoms. The predicted octanol–water partition coefficient (Wildman–Crippen LogP) is 2.41. The van der Waals surface area contributed by atoms with Crippen LogP contribution in [0.5, 0.6) is 0 Å². The van der Waals surface area contributed by atoms with Gasteiger partial charge in [-0.3, -0.25) is 4.98 Å². The number of anilines is 2. The SMILES string of the molecule is Cc1cc(N)ccc1NC(N)=NC/C=C/c1cccnc1. The highest BCUT2D eigenvalue weighted by Gasteiger charge is 1.99. The smallest absolute Gasteiger partial charge is 0.193 e. The lowest BCUT2D eigenvalue weighted by Crippen LogP contribution is -2.23. The maximum Gasteiger partial charge on any atom is 0.193 e. The van der Waals surface area contributed by atoms with Gasteiger partial charge in [0, 0.05) is 23.8 Å². The van der Waals surface area contributed by atoms with E-state index in [1.807, 2.05) is 49.4 Å². The Bertz CT molecular complexity index is 647. The zero-order valence-electron chi connectivity index (χ0n) is 12.0. The summed E-state index contributed by atoms with van der Waals surface area (Å²) in [6.45, 7) is 2.47. The fraction of sp³-hybridized carbons (Fsp3) is 0.125. The van der Waals surface area contributed by atoms with Crippen molar-refractivity contribution in [3.63, 3.8) is 0 Å². The van der Waals surface area contributed by atoms with Gasteiger partial charge >= 0.3 is 0 Å². The Kier molecular flexibility index (Phi) is 4.93. The molecule has 0 atom stereocenters. The van der Waals surface area contributed by atoms with E-state index in [0.717, 1.165) is 22.5 Å². The molecule has 1 aromatic heterocycles. The Labute approximate surface area is 124 Å². The highest BCUT2D eigenvalue weighted by atomic mass is 15.1.